The highest BCUT2D eigenvalue weighted by Crippen LogP contribution is 2.35. The fraction of sp³-hybridized carbons (Fsp3) is 0.423. The van der Waals surface area contributed by atoms with E-state index >= 15 is 0 Å². The lowest BCUT2D eigenvalue weighted by atomic mass is 9.94. The van der Waals surface area contributed by atoms with Crippen molar-refractivity contribution in [2.75, 3.05) is 34.2 Å². The summed E-state index contributed by atoms with van der Waals surface area (Å²) in [5.41, 5.74) is 7.96. The van der Waals surface area contributed by atoms with Crippen LogP contribution in [0, 0.1) is 0 Å². The average Bonchev–Trinajstić information content (AvgIpc) is 2.82. The van der Waals surface area contributed by atoms with Crippen molar-refractivity contribution in [3.63, 3.8) is 0 Å². The number of esters is 2. The Bertz CT molecular complexity index is 1030. The van der Waals surface area contributed by atoms with Crippen LogP contribution >= 0.6 is 0 Å². The third-order valence-electron chi connectivity index (χ3n) is 4.82. The molecule has 0 aliphatic rings. The molecule has 0 radical (unpaired) electrons. The van der Waals surface area contributed by atoms with Crippen LogP contribution in [-0.2, 0) is 35.0 Å². The molecule has 0 amide bonds. The molecule has 2 aromatic carbocycles. The first-order chi connectivity index (χ1) is 16.6. The second kappa shape index (κ2) is 13.0. The normalized spacial score (nSPS) is 12.1. The molecule has 35 heavy (non-hydrogen) atoms. The van der Waals surface area contributed by atoms with E-state index in [0.717, 1.165) is 0 Å². The Kier molecular flexibility index (Phi) is 10.4. The predicted octanol–water partition coefficient (Wildman–Crippen LogP) is 3.22. The van der Waals surface area contributed by atoms with Gasteiger partial charge in [0.25, 0.3) is 0 Å². The van der Waals surface area contributed by atoms with Crippen LogP contribution in [0.5, 0.6) is 5.75 Å². The highest BCUT2D eigenvalue weighted by molar-refractivity contribution is 5.88. The minimum Gasteiger partial charge on any atom is -0.469 e. The van der Waals surface area contributed by atoms with Gasteiger partial charge in [0.15, 0.2) is 13.1 Å². The smallest absolute Gasteiger partial charge is 0.328 e. The molecular formula is C26H33NO8. The maximum absolute atomic E-state index is 12.5. The Hall–Kier alpha value is -3.27. The number of benzene rings is 2. The summed E-state index contributed by atoms with van der Waals surface area (Å²) in [6.45, 7) is 5.87. The molecule has 0 saturated carbocycles. The molecule has 0 fully saturated rings. The van der Waals surface area contributed by atoms with E-state index in [4.69, 9.17) is 29.4 Å². The van der Waals surface area contributed by atoms with Crippen LogP contribution in [0.4, 0.5) is 0 Å². The Labute approximate surface area is 205 Å². The van der Waals surface area contributed by atoms with E-state index in [1.165, 1.54) is 7.11 Å². The van der Waals surface area contributed by atoms with Crippen LogP contribution in [-0.4, -0.2) is 58.1 Å². The molecule has 0 aliphatic heterocycles. The second-order valence-electron chi connectivity index (χ2n) is 8.73. The number of carbonyl (C=O) groups is 3. The largest absolute Gasteiger partial charge is 0.469 e. The van der Waals surface area contributed by atoms with Crippen molar-refractivity contribution < 1.29 is 38.1 Å². The number of hydrogen-bond acceptors (Lipinski definition) is 9. The molecule has 1 unspecified atom stereocenters. The van der Waals surface area contributed by atoms with Gasteiger partial charge in [-0.1, -0.05) is 18.2 Å². The van der Waals surface area contributed by atoms with E-state index in [2.05, 4.69) is 0 Å². The van der Waals surface area contributed by atoms with E-state index in [1.807, 2.05) is 0 Å². The van der Waals surface area contributed by atoms with Crippen molar-refractivity contribution >= 4 is 18.2 Å². The topological polar surface area (TPSA) is 123 Å². The quantitative estimate of drug-likeness (QED) is 0.208. The zero-order valence-corrected chi connectivity index (χ0v) is 20.8. The van der Waals surface area contributed by atoms with E-state index in [1.54, 1.807) is 64.3 Å². The molecule has 0 aromatic heterocycles. The summed E-state index contributed by atoms with van der Waals surface area (Å²) in [5, 5.41) is 0. The number of aldehydes is 1. The first-order valence-electron chi connectivity index (χ1n) is 11.1. The fourth-order valence-corrected chi connectivity index (χ4v) is 3.22. The predicted molar refractivity (Wildman–Crippen MR) is 129 cm³/mol. The van der Waals surface area contributed by atoms with E-state index < -0.39 is 23.6 Å². The minimum absolute atomic E-state index is 0.0356. The van der Waals surface area contributed by atoms with Gasteiger partial charge >= 0.3 is 11.9 Å². The molecule has 2 N–H and O–H groups in total. The standard InChI is InChI=1S/C26H33NO8/c1-26(2,3)35-25(30)23(27)19-8-6-7-18(14-19)21-12-17(13-22(29)32-5)11-20(15-28)24(21)34-16-33-10-9-31-4/h6-8,11-12,14-15,23H,9-10,13,16,27H2,1-5H3. The van der Waals surface area contributed by atoms with Gasteiger partial charge in [-0.2, -0.15) is 0 Å². The summed E-state index contributed by atoms with van der Waals surface area (Å²) >= 11 is 0. The Morgan fingerprint density at radius 2 is 1.83 bits per heavy atom. The summed E-state index contributed by atoms with van der Waals surface area (Å²) in [4.78, 5) is 36.3. The zero-order valence-electron chi connectivity index (χ0n) is 20.8. The van der Waals surface area contributed by atoms with Crippen molar-refractivity contribution in [1.29, 1.82) is 0 Å². The highest BCUT2D eigenvalue weighted by atomic mass is 16.7. The van der Waals surface area contributed by atoms with Crippen molar-refractivity contribution in [2.24, 2.45) is 5.73 Å². The van der Waals surface area contributed by atoms with Gasteiger partial charge in [0.05, 0.1) is 32.3 Å². The van der Waals surface area contributed by atoms with Crippen molar-refractivity contribution in [1.82, 2.24) is 0 Å². The van der Waals surface area contributed by atoms with Crippen LogP contribution in [0.3, 0.4) is 0 Å². The van der Waals surface area contributed by atoms with Crippen molar-refractivity contribution in [3.8, 4) is 16.9 Å². The molecule has 2 rings (SSSR count). The number of carbonyl (C=O) groups excluding carboxylic acids is 3. The number of rotatable bonds is 12. The number of ether oxygens (including phenoxy) is 5. The Morgan fingerprint density at radius 3 is 2.46 bits per heavy atom. The lowest BCUT2D eigenvalue weighted by molar-refractivity contribution is -0.156. The van der Waals surface area contributed by atoms with Crippen LogP contribution in [0.25, 0.3) is 11.1 Å². The van der Waals surface area contributed by atoms with E-state index in [-0.39, 0.29) is 24.5 Å². The van der Waals surface area contributed by atoms with Gasteiger partial charge in [-0.25, -0.2) is 4.79 Å². The lowest BCUT2D eigenvalue weighted by Gasteiger charge is -2.22. The average molecular weight is 488 g/mol. The third kappa shape index (κ3) is 8.47. The molecular weight excluding hydrogens is 454 g/mol. The van der Waals surface area contributed by atoms with Crippen LogP contribution in [0.2, 0.25) is 0 Å². The van der Waals surface area contributed by atoms with Crippen molar-refractivity contribution in [3.05, 3.63) is 53.1 Å². The summed E-state index contributed by atoms with van der Waals surface area (Å²) in [7, 11) is 2.85. The summed E-state index contributed by atoms with van der Waals surface area (Å²) in [6, 6.07) is 9.24. The molecule has 0 aliphatic carbocycles. The summed E-state index contributed by atoms with van der Waals surface area (Å²) in [6.07, 6.45) is 0.608. The van der Waals surface area contributed by atoms with Crippen LogP contribution < -0.4 is 10.5 Å². The van der Waals surface area contributed by atoms with Crippen LogP contribution in [0.15, 0.2) is 36.4 Å². The summed E-state index contributed by atoms with van der Waals surface area (Å²) < 4.78 is 26.3. The first kappa shape index (κ1) is 28.0. The zero-order chi connectivity index (χ0) is 26.0. The minimum atomic E-state index is -1.01. The SMILES string of the molecule is COCCOCOc1c(C=O)cc(CC(=O)OC)cc1-c1cccc(C(N)C(=O)OC(C)(C)C)c1. The maximum atomic E-state index is 12.5. The molecule has 1 atom stereocenters. The monoisotopic (exact) mass is 487 g/mol. The fourth-order valence-electron chi connectivity index (χ4n) is 3.22. The molecule has 2 aromatic rings. The number of hydrogen-bond donors (Lipinski definition) is 1. The van der Waals surface area contributed by atoms with E-state index in [9.17, 15) is 14.4 Å². The number of methoxy groups -OCH3 is 2. The van der Waals surface area contributed by atoms with E-state index in [0.29, 0.717) is 41.8 Å². The van der Waals surface area contributed by atoms with Gasteiger partial charge in [0, 0.05) is 12.7 Å². The molecule has 9 nitrogen and oxygen atoms in total. The van der Waals surface area contributed by atoms with Crippen molar-refractivity contribution in [2.45, 2.75) is 38.8 Å². The molecule has 0 spiro atoms. The van der Waals surface area contributed by atoms with Crippen LogP contribution in [0.1, 0.15) is 48.3 Å². The maximum Gasteiger partial charge on any atom is 0.328 e. The van der Waals surface area contributed by atoms with Gasteiger partial charge in [-0.15, -0.1) is 0 Å². The van der Waals surface area contributed by atoms with Gasteiger partial charge in [-0.05, 0) is 55.7 Å². The Balaban J connectivity index is 2.49. The molecule has 9 heteroatoms. The van der Waals surface area contributed by atoms with Gasteiger partial charge < -0.3 is 29.4 Å². The molecule has 190 valence electrons. The third-order valence-corrected chi connectivity index (χ3v) is 4.82. The molecule has 0 heterocycles. The van der Waals surface area contributed by atoms with Gasteiger partial charge in [-0.3, -0.25) is 9.59 Å². The van der Waals surface area contributed by atoms with Gasteiger partial charge in [0.2, 0.25) is 0 Å². The summed E-state index contributed by atoms with van der Waals surface area (Å²) in [5.74, 6) is -0.746. The first-order valence-corrected chi connectivity index (χ1v) is 11.1. The number of nitrogens with two attached hydrogens (primary N) is 1. The Morgan fingerprint density at radius 1 is 1.09 bits per heavy atom. The van der Waals surface area contributed by atoms with Gasteiger partial charge in [0.1, 0.15) is 17.4 Å². The molecule has 0 bridgehead atoms. The highest BCUT2D eigenvalue weighted by Gasteiger charge is 2.24. The second-order valence-corrected chi connectivity index (χ2v) is 8.73. The molecule has 0 saturated heterocycles. The lowest BCUT2D eigenvalue weighted by Crippen LogP contribution is -2.31.